The van der Waals surface area contributed by atoms with Gasteiger partial charge < -0.3 is 15.0 Å². The highest BCUT2D eigenvalue weighted by Crippen LogP contribution is 2.22. The molecule has 2 amide bonds. The molecule has 0 radical (unpaired) electrons. The summed E-state index contributed by atoms with van der Waals surface area (Å²) in [6.45, 7) is 1.88. The molecular formula is C18H20N4O3. The van der Waals surface area contributed by atoms with Crippen molar-refractivity contribution >= 4 is 17.6 Å². The van der Waals surface area contributed by atoms with Crippen molar-refractivity contribution in [3.8, 4) is 11.3 Å². The number of likely N-dealkylation sites (tertiary alicyclic amines) is 1. The van der Waals surface area contributed by atoms with E-state index in [1.807, 2.05) is 24.3 Å². The molecule has 0 saturated carbocycles. The van der Waals surface area contributed by atoms with Crippen LogP contribution in [0.25, 0.3) is 11.3 Å². The molecule has 0 spiro atoms. The second kappa shape index (κ2) is 7.40. The molecule has 130 valence electrons. The Balaban J connectivity index is 1.76. The molecule has 3 rings (SSSR count). The predicted molar refractivity (Wildman–Crippen MR) is 92.7 cm³/mol. The van der Waals surface area contributed by atoms with Gasteiger partial charge in [-0.1, -0.05) is 6.07 Å². The van der Waals surface area contributed by atoms with Crippen LogP contribution in [0.1, 0.15) is 13.3 Å². The maximum atomic E-state index is 12.6. The first-order chi connectivity index (χ1) is 12.1. The van der Waals surface area contributed by atoms with Crippen LogP contribution in [0.2, 0.25) is 0 Å². The number of amides is 2. The number of aromatic nitrogens is 2. The third-order valence-electron chi connectivity index (χ3n) is 4.26. The predicted octanol–water partition coefficient (Wildman–Crippen LogP) is 1.72. The van der Waals surface area contributed by atoms with Crippen molar-refractivity contribution in [2.45, 2.75) is 25.5 Å². The van der Waals surface area contributed by atoms with Crippen molar-refractivity contribution in [1.82, 2.24) is 14.9 Å². The number of pyridine rings is 2. The average molecular weight is 340 g/mol. The molecule has 2 atom stereocenters. The fraction of sp³-hybridized carbons (Fsp3) is 0.333. The second-order valence-electron chi connectivity index (χ2n) is 5.92. The quantitative estimate of drug-likeness (QED) is 0.916. The molecule has 0 aliphatic carbocycles. The van der Waals surface area contributed by atoms with E-state index >= 15 is 0 Å². The second-order valence-corrected chi connectivity index (χ2v) is 5.92. The lowest BCUT2D eigenvalue weighted by molar-refractivity contribution is -0.134. The van der Waals surface area contributed by atoms with E-state index in [0.717, 1.165) is 11.3 Å². The lowest BCUT2D eigenvalue weighted by Gasteiger charge is -2.21. The largest absolute Gasteiger partial charge is 0.380 e. The van der Waals surface area contributed by atoms with E-state index in [9.17, 15) is 9.59 Å². The van der Waals surface area contributed by atoms with Gasteiger partial charge in [-0.3, -0.25) is 14.6 Å². The van der Waals surface area contributed by atoms with Crippen LogP contribution < -0.4 is 5.32 Å². The number of hydrogen-bond acceptors (Lipinski definition) is 5. The van der Waals surface area contributed by atoms with Crippen molar-refractivity contribution < 1.29 is 14.3 Å². The fourth-order valence-electron chi connectivity index (χ4n) is 2.95. The van der Waals surface area contributed by atoms with E-state index in [1.165, 1.54) is 11.8 Å². The van der Waals surface area contributed by atoms with Gasteiger partial charge in [0.1, 0.15) is 11.9 Å². The van der Waals surface area contributed by atoms with Crippen LogP contribution in [0.5, 0.6) is 0 Å². The van der Waals surface area contributed by atoms with Gasteiger partial charge in [-0.15, -0.1) is 0 Å². The zero-order valence-electron chi connectivity index (χ0n) is 14.2. The van der Waals surface area contributed by atoms with Crippen LogP contribution in [-0.2, 0) is 14.3 Å². The summed E-state index contributed by atoms with van der Waals surface area (Å²) in [5, 5.41) is 2.80. The molecule has 0 bridgehead atoms. The molecule has 0 unspecified atom stereocenters. The van der Waals surface area contributed by atoms with Crippen molar-refractivity contribution in [1.29, 1.82) is 0 Å². The molecule has 25 heavy (non-hydrogen) atoms. The lowest BCUT2D eigenvalue weighted by Crippen LogP contribution is -2.42. The van der Waals surface area contributed by atoms with E-state index in [2.05, 4.69) is 15.3 Å². The zero-order valence-corrected chi connectivity index (χ0v) is 14.2. The van der Waals surface area contributed by atoms with Crippen LogP contribution in [0.4, 0.5) is 5.82 Å². The van der Waals surface area contributed by atoms with Gasteiger partial charge >= 0.3 is 0 Å². The first-order valence-electron chi connectivity index (χ1n) is 8.07. The topological polar surface area (TPSA) is 84.4 Å². The van der Waals surface area contributed by atoms with Crippen molar-refractivity contribution in [3.05, 3.63) is 42.7 Å². The zero-order chi connectivity index (χ0) is 17.8. The third-order valence-corrected chi connectivity index (χ3v) is 4.26. The Labute approximate surface area is 146 Å². The maximum Gasteiger partial charge on any atom is 0.248 e. The number of anilines is 1. The molecule has 7 nitrogen and oxygen atoms in total. The van der Waals surface area contributed by atoms with Crippen LogP contribution in [0.3, 0.4) is 0 Å². The Morgan fingerprint density at radius 2 is 2.12 bits per heavy atom. The Morgan fingerprint density at radius 3 is 2.80 bits per heavy atom. The third kappa shape index (κ3) is 3.83. The Kier molecular flexibility index (Phi) is 5.04. The van der Waals surface area contributed by atoms with E-state index in [4.69, 9.17) is 4.74 Å². The smallest absolute Gasteiger partial charge is 0.248 e. The summed E-state index contributed by atoms with van der Waals surface area (Å²) < 4.78 is 5.30. The van der Waals surface area contributed by atoms with Gasteiger partial charge in [0.2, 0.25) is 11.8 Å². The number of nitrogens with one attached hydrogen (secondary N) is 1. The molecule has 7 heteroatoms. The minimum Gasteiger partial charge on any atom is -0.380 e. The minimum absolute atomic E-state index is 0.130. The van der Waals surface area contributed by atoms with Crippen molar-refractivity contribution in [2.75, 3.05) is 19.0 Å². The molecule has 0 aromatic carbocycles. The highest BCUT2D eigenvalue weighted by atomic mass is 16.5. The van der Waals surface area contributed by atoms with E-state index in [0.29, 0.717) is 18.8 Å². The molecular weight excluding hydrogens is 320 g/mol. The number of ether oxygens (including phenoxy) is 1. The van der Waals surface area contributed by atoms with Gasteiger partial charge in [0, 0.05) is 45.0 Å². The molecule has 3 heterocycles. The van der Waals surface area contributed by atoms with Gasteiger partial charge in [0.25, 0.3) is 0 Å². The van der Waals surface area contributed by atoms with Gasteiger partial charge in [-0.2, -0.15) is 0 Å². The van der Waals surface area contributed by atoms with Crippen molar-refractivity contribution in [2.24, 2.45) is 0 Å². The van der Waals surface area contributed by atoms with Crippen LogP contribution >= 0.6 is 0 Å². The maximum absolute atomic E-state index is 12.6. The van der Waals surface area contributed by atoms with E-state index < -0.39 is 6.04 Å². The summed E-state index contributed by atoms with van der Waals surface area (Å²) in [6.07, 6.45) is 3.75. The van der Waals surface area contributed by atoms with Gasteiger partial charge in [-0.25, -0.2) is 4.98 Å². The van der Waals surface area contributed by atoms with Crippen LogP contribution in [-0.4, -0.2) is 52.5 Å². The lowest BCUT2D eigenvalue weighted by atomic mass is 10.1. The highest BCUT2D eigenvalue weighted by molar-refractivity contribution is 5.96. The summed E-state index contributed by atoms with van der Waals surface area (Å²) in [5.41, 5.74) is 1.58. The number of carbonyl (C=O) groups is 2. The van der Waals surface area contributed by atoms with Crippen molar-refractivity contribution in [3.63, 3.8) is 0 Å². The molecule has 2 aromatic rings. The van der Waals surface area contributed by atoms with Crippen LogP contribution in [0, 0.1) is 0 Å². The summed E-state index contributed by atoms with van der Waals surface area (Å²) in [6, 6.07) is 8.57. The molecule has 2 aromatic heterocycles. The summed E-state index contributed by atoms with van der Waals surface area (Å²) in [7, 11) is 1.59. The number of carbonyl (C=O) groups excluding carboxylic acids is 2. The molecule has 1 N–H and O–H groups in total. The standard InChI is InChI=1S/C18H20N4O3/c1-12(23)22-11-14(25-2)9-16(22)18(24)21-17-7-3-6-15(20-17)13-5-4-8-19-10-13/h3-8,10,14,16H,9,11H2,1-2H3,(H,20,21,24)/t14-,16+/m0/s1. The number of rotatable bonds is 4. The Morgan fingerprint density at radius 1 is 1.28 bits per heavy atom. The Bertz CT molecular complexity index is 766. The van der Waals surface area contributed by atoms with Gasteiger partial charge in [-0.05, 0) is 24.3 Å². The van der Waals surface area contributed by atoms with Gasteiger partial charge in [0.05, 0.1) is 11.8 Å². The summed E-state index contributed by atoms with van der Waals surface area (Å²) in [4.78, 5) is 34.5. The number of hydrogen-bond donors (Lipinski definition) is 1. The number of nitrogens with zero attached hydrogens (tertiary/aromatic N) is 3. The monoisotopic (exact) mass is 340 g/mol. The molecule has 1 fully saturated rings. The molecule has 1 saturated heterocycles. The highest BCUT2D eigenvalue weighted by Gasteiger charge is 2.38. The SMILES string of the molecule is CO[C@H]1C[C@H](C(=O)Nc2cccc(-c3cccnc3)n2)N(C(C)=O)C1. The first-order valence-corrected chi connectivity index (χ1v) is 8.07. The number of methoxy groups -OCH3 is 1. The van der Waals surface area contributed by atoms with Crippen LogP contribution in [0.15, 0.2) is 42.7 Å². The molecule has 1 aliphatic rings. The Hall–Kier alpha value is -2.80. The van der Waals surface area contributed by atoms with E-state index in [-0.39, 0.29) is 17.9 Å². The normalized spacial score (nSPS) is 19.7. The fourth-order valence-corrected chi connectivity index (χ4v) is 2.95. The minimum atomic E-state index is -0.550. The van der Waals surface area contributed by atoms with Gasteiger partial charge in [0.15, 0.2) is 0 Å². The summed E-state index contributed by atoms with van der Waals surface area (Å²) in [5.74, 6) is 0.0399. The average Bonchev–Trinajstić information content (AvgIpc) is 3.08. The summed E-state index contributed by atoms with van der Waals surface area (Å²) >= 11 is 0. The van der Waals surface area contributed by atoms with E-state index in [1.54, 1.807) is 25.6 Å². The molecule has 1 aliphatic heterocycles. The first kappa shape index (κ1) is 17.0.